The van der Waals surface area contributed by atoms with E-state index in [1.54, 1.807) is 10.8 Å². The third-order valence-corrected chi connectivity index (χ3v) is 2.07. The van der Waals surface area contributed by atoms with Crippen molar-refractivity contribution in [3.05, 3.63) is 20.7 Å². The molecule has 2 amide bonds. The molecule has 14 heavy (non-hydrogen) atoms. The minimum atomic E-state index is -0.928. The number of nitrogens with two attached hydrogens (primary N) is 1. The van der Waals surface area contributed by atoms with Crippen LogP contribution in [0.1, 0.15) is 5.69 Å². The minimum Gasteiger partial charge on any atom is -0.342 e. The molecule has 0 bridgehead atoms. The first-order valence-electron chi connectivity index (χ1n) is 3.59. The Kier molecular flexibility index (Phi) is 3.37. The maximum Gasteiger partial charge on any atom is 0.323 e. The van der Waals surface area contributed by atoms with E-state index in [0.29, 0.717) is 5.69 Å². The number of H-pyrrole nitrogens is 1. The number of thiazole rings is 1. The molecule has 7 nitrogen and oxygen atoms in total. The van der Waals surface area contributed by atoms with Gasteiger partial charge < -0.3 is 10.3 Å². The molecule has 0 aliphatic heterocycles. The van der Waals surface area contributed by atoms with Gasteiger partial charge in [-0.3, -0.25) is 19.8 Å². The van der Waals surface area contributed by atoms with Crippen molar-refractivity contribution >= 4 is 23.2 Å². The maximum atomic E-state index is 10.9. The van der Waals surface area contributed by atoms with Gasteiger partial charge in [-0.05, 0) is 0 Å². The van der Waals surface area contributed by atoms with Gasteiger partial charge in [-0.15, -0.1) is 0 Å². The Labute approximate surface area is 82.3 Å². The molecule has 76 valence electrons. The number of amides is 2. The number of carbonyl (C=O) groups is 2. The summed E-state index contributed by atoms with van der Waals surface area (Å²) in [5, 5.41) is 3.83. The first kappa shape index (κ1) is 10.4. The van der Waals surface area contributed by atoms with Crippen molar-refractivity contribution in [2.24, 2.45) is 5.84 Å². The van der Waals surface area contributed by atoms with E-state index in [0.717, 1.165) is 11.3 Å². The molecule has 1 aromatic rings. The number of aromatic amines is 1. The summed E-state index contributed by atoms with van der Waals surface area (Å²) < 4.78 is 0. The molecule has 0 aliphatic rings. The van der Waals surface area contributed by atoms with Crippen molar-refractivity contribution in [1.82, 2.24) is 15.7 Å². The van der Waals surface area contributed by atoms with Crippen LogP contribution in [0.3, 0.4) is 0 Å². The zero-order valence-corrected chi connectivity index (χ0v) is 7.81. The Hall–Kier alpha value is -1.67. The van der Waals surface area contributed by atoms with E-state index in [4.69, 9.17) is 5.84 Å². The zero-order chi connectivity index (χ0) is 10.6. The Bertz CT molecular complexity index is 396. The molecular weight excluding hydrogens is 208 g/mol. The van der Waals surface area contributed by atoms with Crippen molar-refractivity contribution in [2.75, 3.05) is 0 Å². The van der Waals surface area contributed by atoms with Gasteiger partial charge >= 0.3 is 16.7 Å². The van der Waals surface area contributed by atoms with E-state index in [1.165, 1.54) is 0 Å². The van der Waals surface area contributed by atoms with Crippen molar-refractivity contribution in [2.45, 2.75) is 6.54 Å². The second-order valence-corrected chi connectivity index (χ2v) is 3.17. The van der Waals surface area contributed by atoms with E-state index < -0.39 is 11.8 Å². The average Bonchev–Trinajstić information content (AvgIpc) is 2.59. The van der Waals surface area contributed by atoms with E-state index in [9.17, 15) is 14.4 Å². The van der Waals surface area contributed by atoms with Crippen LogP contribution in [-0.4, -0.2) is 16.8 Å². The van der Waals surface area contributed by atoms with E-state index in [2.05, 4.69) is 10.3 Å². The summed E-state index contributed by atoms with van der Waals surface area (Å²) in [7, 11) is 0. The summed E-state index contributed by atoms with van der Waals surface area (Å²) in [6, 6.07) is 0. The Morgan fingerprint density at radius 2 is 2.21 bits per heavy atom. The molecule has 5 N–H and O–H groups in total. The first-order chi connectivity index (χ1) is 6.63. The predicted octanol–water partition coefficient (Wildman–Crippen LogP) is -1.96. The number of nitrogens with one attached hydrogen (secondary N) is 3. The van der Waals surface area contributed by atoms with Gasteiger partial charge in [-0.2, -0.15) is 0 Å². The number of hydrogen-bond acceptors (Lipinski definition) is 5. The lowest BCUT2D eigenvalue weighted by Gasteiger charge is -2.00. The largest absolute Gasteiger partial charge is 0.342 e. The van der Waals surface area contributed by atoms with Crippen LogP contribution in [0, 0.1) is 0 Å². The van der Waals surface area contributed by atoms with Gasteiger partial charge in [0.05, 0.1) is 6.54 Å². The summed E-state index contributed by atoms with van der Waals surface area (Å²) in [6.07, 6.45) is 0. The molecule has 0 fully saturated rings. The molecule has 1 heterocycles. The van der Waals surface area contributed by atoms with E-state index in [1.807, 2.05) is 0 Å². The molecule has 0 aromatic carbocycles. The minimum absolute atomic E-state index is 0.0883. The fourth-order valence-corrected chi connectivity index (χ4v) is 1.30. The SMILES string of the molecule is NNC(=O)C(=O)NCc1csc(=O)[nH]1. The molecular formula is C6H8N4O3S. The third kappa shape index (κ3) is 2.68. The molecule has 1 rings (SSSR count). The quantitative estimate of drug-likeness (QED) is 0.199. The van der Waals surface area contributed by atoms with E-state index >= 15 is 0 Å². The molecule has 0 atom stereocenters. The molecule has 0 spiro atoms. The van der Waals surface area contributed by atoms with Crippen molar-refractivity contribution in [3.8, 4) is 0 Å². The fourth-order valence-electron chi connectivity index (χ4n) is 0.722. The lowest BCUT2D eigenvalue weighted by molar-refractivity contribution is -0.139. The van der Waals surface area contributed by atoms with Gasteiger partial charge in [0.15, 0.2) is 0 Å². The van der Waals surface area contributed by atoms with Crippen LogP contribution in [-0.2, 0) is 16.1 Å². The summed E-state index contributed by atoms with van der Waals surface area (Å²) in [6.45, 7) is 0.0883. The summed E-state index contributed by atoms with van der Waals surface area (Å²) >= 11 is 0.983. The molecule has 0 saturated heterocycles. The number of aromatic nitrogens is 1. The normalized spacial score (nSPS) is 9.50. The number of hydrazine groups is 1. The van der Waals surface area contributed by atoms with Crippen molar-refractivity contribution in [3.63, 3.8) is 0 Å². The Morgan fingerprint density at radius 1 is 1.50 bits per heavy atom. The zero-order valence-electron chi connectivity index (χ0n) is 6.99. The van der Waals surface area contributed by atoms with Crippen LogP contribution >= 0.6 is 11.3 Å². The van der Waals surface area contributed by atoms with Crippen molar-refractivity contribution in [1.29, 1.82) is 0 Å². The standard InChI is InChI=1S/C6H8N4O3S/c7-10-5(12)4(11)8-1-3-2-14-6(13)9-3/h2H,1,7H2,(H,8,11)(H,9,13)(H,10,12). The summed E-state index contributed by atoms with van der Waals surface area (Å²) in [4.78, 5) is 34.4. The van der Waals surface area contributed by atoms with Gasteiger partial charge in [0.1, 0.15) is 0 Å². The molecule has 1 aromatic heterocycles. The average molecular weight is 216 g/mol. The fraction of sp³-hybridized carbons (Fsp3) is 0.167. The highest BCUT2D eigenvalue weighted by Gasteiger charge is 2.10. The monoisotopic (exact) mass is 216 g/mol. The predicted molar refractivity (Wildman–Crippen MR) is 49.1 cm³/mol. The third-order valence-electron chi connectivity index (χ3n) is 1.35. The summed E-state index contributed by atoms with van der Waals surface area (Å²) in [5.41, 5.74) is 2.23. The highest BCUT2D eigenvalue weighted by atomic mass is 32.1. The topological polar surface area (TPSA) is 117 Å². The maximum absolute atomic E-state index is 10.9. The van der Waals surface area contributed by atoms with Gasteiger partial charge in [0.2, 0.25) is 0 Å². The van der Waals surface area contributed by atoms with Crippen LogP contribution in [0.5, 0.6) is 0 Å². The van der Waals surface area contributed by atoms with Gasteiger partial charge in [0, 0.05) is 11.1 Å². The number of rotatable bonds is 2. The smallest absolute Gasteiger partial charge is 0.323 e. The second-order valence-electron chi connectivity index (χ2n) is 2.33. The van der Waals surface area contributed by atoms with Crippen LogP contribution in [0.4, 0.5) is 0 Å². The molecule has 0 unspecified atom stereocenters. The lowest BCUT2D eigenvalue weighted by atomic mass is 10.4. The van der Waals surface area contributed by atoms with Crippen LogP contribution in [0.15, 0.2) is 10.2 Å². The highest BCUT2D eigenvalue weighted by molar-refractivity contribution is 7.07. The van der Waals surface area contributed by atoms with Gasteiger partial charge in [0.25, 0.3) is 0 Å². The molecule has 0 aliphatic carbocycles. The number of hydrogen-bond donors (Lipinski definition) is 4. The van der Waals surface area contributed by atoms with E-state index in [-0.39, 0.29) is 11.4 Å². The molecule has 0 radical (unpaired) electrons. The van der Waals surface area contributed by atoms with Gasteiger partial charge in [-0.1, -0.05) is 11.3 Å². The molecule has 0 saturated carbocycles. The van der Waals surface area contributed by atoms with Gasteiger partial charge in [-0.25, -0.2) is 5.84 Å². The number of carbonyl (C=O) groups excluding carboxylic acids is 2. The van der Waals surface area contributed by atoms with Crippen LogP contribution in [0.2, 0.25) is 0 Å². The highest BCUT2D eigenvalue weighted by Crippen LogP contribution is 1.93. The van der Waals surface area contributed by atoms with Crippen LogP contribution in [0.25, 0.3) is 0 Å². The van der Waals surface area contributed by atoms with Crippen LogP contribution < -0.4 is 21.5 Å². The Morgan fingerprint density at radius 3 is 2.71 bits per heavy atom. The van der Waals surface area contributed by atoms with Crippen molar-refractivity contribution < 1.29 is 9.59 Å². The Balaban J connectivity index is 2.45. The second kappa shape index (κ2) is 4.53. The first-order valence-corrected chi connectivity index (χ1v) is 4.47. The summed E-state index contributed by atoms with van der Waals surface area (Å²) in [5.74, 6) is 2.95. The molecule has 8 heteroatoms. The lowest BCUT2D eigenvalue weighted by Crippen LogP contribution is -2.42.